The molecule has 3 atom stereocenters. The molecule has 0 N–H and O–H groups in total. The van der Waals surface area contributed by atoms with Gasteiger partial charge < -0.3 is 13.6 Å². The van der Waals surface area contributed by atoms with Crippen molar-refractivity contribution in [1.82, 2.24) is 0 Å². The number of hydrogen-bond donors (Lipinski definition) is 0. The zero-order chi connectivity index (χ0) is 16.8. The molecule has 5 heteroatoms. The number of fused-ring (bicyclic) bond motifs is 1. The van der Waals surface area contributed by atoms with E-state index in [0.29, 0.717) is 19.4 Å². The second-order valence-electron chi connectivity index (χ2n) is 8.44. The van der Waals surface area contributed by atoms with Gasteiger partial charge in [0.2, 0.25) is 0 Å². The van der Waals surface area contributed by atoms with E-state index in [1.54, 1.807) is 6.08 Å². The Kier molecular flexibility index (Phi) is 4.75. The summed E-state index contributed by atoms with van der Waals surface area (Å²) in [6.45, 7) is 17.3. The van der Waals surface area contributed by atoms with E-state index in [0.717, 1.165) is 0 Å². The maximum atomic E-state index is 12.3. The summed E-state index contributed by atoms with van der Waals surface area (Å²) in [6, 6.07) is 0. The lowest BCUT2D eigenvalue weighted by Gasteiger charge is -2.55. The van der Waals surface area contributed by atoms with E-state index in [-0.39, 0.29) is 34.2 Å². The molecule has 0 unspecified atom stereocenters. The number of carbonyl (C=O) groups excluding carboxylic acids is 1. The first-order valence-corrected chi connectivity index (χ1v) is 9.94. The monoisotopic (exact) mass is 326 g/mol. The van der Waals surface area contributed by atoms with Gasteiger partial charge in [0, 0.05) is 16.5 Å². The summed E-state index contributed by atoms with van der Waals surface area (Å²) in [5, 5.41) is -0.144. The topological polar surface area (TPSA) is 44.8 Å². The zero-order valence-corrected chi connectivity index (χ0v) is 15.8. The fraction of sp³-hybridized carbons (Fsp3) is 0.824. The summed E-state index contributed by atoms with van der Waals surface area (Å²) in [7, 11) is -2.52. The molecule has 0 amide bonds. The molecular formula is C17H30O4Si. The Bertz CT molecular complexity index is 433. The van der Waals surface area contributed by atoms with E-state index in [2.05, 4.69) is 48.1 Å². The molecule has 0 bridgehead atoms. The van der Waals surface area contributed by atoms with Gasteiger partial charge in [-0.25, -0.2) is 0 Å². The van der Waals surface area contributed by atoms with Crippen LogP contribution in [0, 0.1) is 0 Å². The van der Waals surface area contributed by atoms with Gasteiger partial charge in [-0.15, -0.1) is 6.58 Å². The van der Waals surface area contributed by atoms with Crippen LogP contribution in [0.2, 0.25) is 10.1 Å². The molecule has 126 valence electrons. The Morgan fingerprint density at radius 1 is 1.18 bits per heavy atom. The number of carbonyl (C=O) groups is 1. The maximum absolute atomic E-state index is 12.3. The van der Waals surface area contributed by atoms with Crippen LogP contribution in [0.15, 0.2) is 12.7 Å². The standard InChI is InChI=1S/C17H30O4Si/c1-8-9-13-12(18)10-14-15(20-13)11-19-22(21-14,16(2,3)4)17(5,6)7/h8,13-15H,1,9-11H2,2-7H3/t13-,14-,15+/m0/s1. The van der Waals surface area contributed by atoms with Crippen LogP contribution in [0.25, 0.3) is 0 Å². The molecule has 2 aliphatic heterocycles. The molecule has 2 saturated heterocycles. The summed E-state index contributed by atoms with van der Waals surface area (Å²) in [5.41, 5.74) is 0. The van der Waals surface area contributed by atoms with Crippen molar-refractivity contribution in [3.63, 3.8) is 0 Å². The van der Waals surface area contributed by atoms with Gasteiger partial charge in [0.25, 0.3) is 0 Å². The van der Waals surface area contributed by atoms with Crippen molar-refractivity contribution in [2.24, 2.45) is 0 Å². The molecule has 0 aromatic rings. The van der Waals surface area contributed by atoms with Crippen LogP contribution >= 0.6 is 0 Å². The normalized spacial score (nSPS) is 32.5. The van der Waals surface area contributed by atoms with E-state index in [1.807, 2.05) is 0 Å². The molecule has 0 aromatic carbocycles. The molecule has 2 heterocycles. The summed E-state index contributed by atoms with van der Waals surface area (Å²) in [4.78, 5) is 12.3. The number of ketones is 1. The molecule has 2 fully saturated rings. The smallest absolute Gasteiger partial charge is 0.349 e. The quantitative estimate of drug-likeness (QED) is 0.573. The molecule has 0 aromatic heterocycles. The molecule has 4 nitrogen and oxygen atoms in total. The molecule has 2 aliphatic rings. The van der Waals surface area contributed by atoms with Crippen molar-refractivity contribution in [3.05, 3.63) is 12.7 Å². The Labute approximate surface area is 135 Å². The second-order valence-corrected chi connectivity index (χ2v) is 13.2. The van der Waals surface area contributed by atoms with E-state index in [1.165, 1.54) is 0 Å². The fourth-order valence-corrected chi connectivity index (χ4v) is 8.75. The van der Waals surface area contributed by atoms with Gasteiger partial charge >= 0.3 is 8.56 Å². The highest BCUT2D eigenvalue weighted by Gasteiger charge is 2.62. The van der Waals surface area contributed by atoms with Crippen LogP contribution in [0.4, 0.5) is 0 Å². The third-order valence-electron chi connectivity index (χ3n) is 4.64. The van der Waals surface area contributed by atoms with Gasteiger partial charge in [0.15, 0.2) is 5.78 Å². The van der Waals surface area contributed by atoms with Crippen molar-refractivity contribution >= 4 is 14.3 Å². The van der Waals surface area contributed by atoms with Crippen molar-refractivity contribution in [2.75, 3.05) is 6.61 Å². The molecule has 0 spiro atoms. The highest BCUT2D eigenvalue weighted by Crippen LogP contribution is 2.54. The molecule has 0 aliphatic carbocycles. The summed E-state index contributed by atoms with van der Waals surface area (Å²) in [6.07, 6.45) is 2.01. The number of hydrogen-bond acceptors (Lipinski definition) is 4. The lowest BCUT2D eigenvalue weighted by atomic mass is 9.98. The molecule has 0 saturated carbocycles. The van der Waals surface area contributed by atoms with Crippen LogP contribution in [-0.2, 0) is 18.4 Å². The van der Waals surface area contributed by atoms with Crippen LogP contribution in [0.5, 0.6) is 0 Å². The van der Waals surface area contributed by atoms with Gasteiger partial charge in [-0.3, -0.25) is 4.79 Å². The van der Waals surface area contributed by atoms with E-state index >= 15 is 0 Å². The van der Waals surface area contributed by atoms with Crippen LogP contribution in [0.3, 0.4) is 0 Å². The lowest BCUT2D eigenvalue weighted by Crippen LogP contribution is -2.67. The maximum Gasteiger partial charge on any atom is 0.349 e. The largest absolute Gasteiger partial charge is 0.391 e. The highest BCUT2D eigenvalue weighted by molar-refractivity contribution is 6.73. The number of ether oxygens (including phenoxy) is 1. The molecular weight excluding hydrogens is 296 g/mol. The zero-order valence-electron chi connectivity index (χ0n) is 14.8. The molecule has 22 heavy (non-hydrogen) atoms. The summed E-state index contributed by atoms with van der Waals surface area (Å²) >= 11 is 0. The predicted molar refractivity (Wildman–Crippen MR) is 89.1 cm³/mol. The summed E-state index contributed by atoms with van der Waals surface area (Å²) in [5.74, 6) is 0.119. The van der Waals surface area contributed by atoms with Crippen molar-refractivity contribution in [3.8, 4) is 0 Å². The minimum absolute atomic E-state index is 0.0722. The number of Topliss-reactive ketones (excluding diaryl/α,β-unsaturated/α-hetero) is 1. The van der Waals surface area contributed by atoms with Gasteiger partial charge in [-0.1, -0.05) is 47.6 Å². The predicted octanol–water partition coefficient (Wildman–Crippen LogP) is 3.75. The van der Waals surface area contributed by atoms with Gasteiger partial charge in [-0.2, -0.15) is 0 Å². The molecule has 2 rings (SSSR count). The minimum Gasteiger partial charge on any atom is -0.391 e. The Balaban J connectivity index is 2.24. The minimum atomic E-state index is -2.52. The summed E-state index contributed by atoms with van der Waals surface area (Å²) < 4.78 is 18.8. The van der Waals surface area contributed by atoms with Gasteiger partial charge in [0.1, 0.15) is 12.2 Å². The lowest BCUT2D eigenvalue weighted by molar-refractivity contribution is -0.174. The average Bonchev–Trinajstić information content (AvgIpc) is 2.36. The van der Waals surface area contributed by atoms with Gasteiger partial charge in [0.05, 0.1) is 12.7 Å². The third-order valence-corrected chi connectivity index (χ3v) is 9.80. The Morgan fingerprint density at radius 2 is 1.77 bits per heavy atom. The van der Waals surface area contributed by atoms with Crippen LogP contribution < -0.4 is 0 Å². The van der Waals surface area contributed by atoms with Crippen molar-refractivity contribution < 1.29 is 18.4 Å². The first-order valence-electron chi connectivity index (χ1n) is 8.12. The second kappa shape index (κ2) is 5.85. The third kappa shape index (κ3) is 2.96. The van der Waals surface area contributed by atoms with E-state index in [4.69, 9.17) is 13.6 Å². The van der Waals surface area contributed by atoms with E-state index in [9.17, 15) is 4.79 Å². The van der Waals surface area contributed by atoms with Crippen LogP contribution in [0.1, 0.15) is 54.4 Å². The first-order chi connectivity index (χ1) is 10.0. The molecule has 0 radical (unpaired) electrons. The van der Waals surface area contributed by atoms with E-state index < -0.39 is 8.56 Å². The van der Waals surface area contributed by atoms with Crippen molar-refractivity contribution in [2.45, 2.75) is 82.8 Å². The first kappa shape index (κ1) is 17.9. The highest BCUT2D eigenvalue weighted by atomic mass is 28.4. The van der Waals surface area contributed by atoms with Crippen LogP contribution in [-0.4, -0.2) is 39.3 Å². The Hall–Kier alpha value is -0.493. The fourth-order valence-electron chi connectivity index (χ4n) is 3.80. The van der Waals surface area contributed by atoms with Gasteiger partial charge in [-0.05, 0) is 6.42 Å². The number of rotatable bonds is 2. The SMILES string of the molecule is C=CC[C@@H]1O[C@@H]2CO[Si](C(C)(C)C)(C(C)(C)C)O[C@H]2CC1=O. The van der Waals surface area contributed by atoms with Crippen molar-refractivity contribution in [1.29, 1.82) is 0 Å². The average molecular weight is 327 g/mol. The Morgan fingerprint density at radius 3 is 2.27 bits per heavy atom.